The molecule has 2 aromatic heterocycles. The molecule has 2 rings (SSSR count). The van der Waals surface area contributed by atoms with Crippen LogP contribution in [0.3, 0.4) is 0 Å². The van der Waals surface area contributed by atoms with E-state index in [4.69, 9.17) is 0 Å². The minimum absolute atomic E-state index is 0.0606. The first-order chi connectivity index (χ1) is 10.0. The van der Waals surface area contributed by atoms with Crippen molar-refractivity contribution >= 4 is 11.6 Å². The first kappa shape index (κ1) is 14.7. The molecule has 0 aliphatic carbocycles. The standard InChI is InChI=1S/C12H16N6O3/c1-3-17-10(4-5-14-17)6-13-12(19)8-16-7-11(18(20)21)9(2)15-16/h4-5,7H,3,6,8H2,1-2H3,(H,13,19). The van der Waals surface area contributed by atoms with Crippen LogP contribution in [0.25, 0.3) is 0 Å². The molecule has 0 saturated carbocycles. The lowest BCUT2D eigenvalue weighted by Gasteiger charge is -2.07. The second-order valence-corrected chi connectivity index (χ2v) is 4.47. The molecule has 1 N–H and O–H groups in total. The number of nitrogens with zero attached hydrogens (tertiary/aromatic N) is 5. The molecule has 0 fully saturated rings. The van der Waals surface area contributed by atoms with E-state index in [0.29, 0.717) is 6.54 Å². The van der Waals surface area contributed by atoms with Crippen molar-refractivity contribution in [3.05, 3.63) is 40.0 Å². The van der Waals surface area contributed by atoms with Gasteiger partial charge in [-0.05, 0) is 19.9 Å². The van der Waals surface area contributed by atoms with Gasteiger partial charge in [0.15, 0.2) is 0 Å². The molecule has 112 valence electrons. The Balaban J connectivity index is 1.93. The van der Waals surface area contributed by atoms with Gasteiger partial charge in [-0.1, -0.05) is 0 Å². The molecule has 0 aliphatic heterocycles. The van der Waals surface area contributed by atoms with Crippen molar-refractivity contribution in [1.82, 2.24) is 24.9 Å². The molecule has 0 bridgehead atoms. The zero-order valence-electron chi connectivity index (χ0n) is 11.8. The van der Waals surface area contributed by atoms with E-state index >= 15 is 0 Å². The summed E-state index contributed by atoms with van der Waals surface area (Å²) >= 11 is 0. The van der Waals surface area contributed by atoms with Gasteiger partial charge in [0.05, 0.1) is 17.2 Å². The van der Waals surface area contributed by atoms with Gasteiger partial charge in [0.25, 0.3) is 0 Å². The number of amides is 1. The molecule has 0 atom stereocenters. The quantitative estimate of drug-likeness (QED) is 0.620. The highest BCUT2D eigenvalue weighted by Crippen LogP contribution is 2.14. The Kier molecular flexibility index (Phi) is 4.31. The topological polar surface area (TPSA) is 108 Å². The molecule has 0 unspecified atom stereocenters. The molecule has 0 aliphatic rings. The van der Waals surface area contributed by atoms with Gasteiger partial charge in [0, 0.05) is 12.7 Å². The largest absolute Gasteiger partial charge is 0.349 e. The summed E-state index contributed by atoms with van der Waals surface area (Å²) in [6.45, 7) is 4.52. The summed E-state index contributed by atoms with van der Waals surface area (Å²) in [5.74, 6) is -0.267. The molecule has 0 spiro atoms. The molecule has 9 heteroatoms. The van der Waals surface area contributed by atoms with Crippen molar-refractivity contribution in [2.24, 2.45) is 0 Å². The third kappa shape index (κ3) is 3.44. The van der Waals surface area contributed by atoms with Crippen LogP contribution in [-0.2, 0) is 24.4 Å². The number of hydrogen-bond acceptors (Lipinski definition) is 5. The van der Waals surface area contributed by atoms with Gasteiger partial charge in [-0.15, -0.1) is 0 Å². The van der Waals surface area contributed by atoms with Crippen LogP contribution in [0.1, 0.15) is 18.3 Å². The number of aromatic nitrogens is 4. The Hall–Kier alpha value is -2.71. The molecular formula is C12H16N6O3. The monoisotopic (exact) mass is 292 g/mol. The Bertz CT molecular complexity index is 660. The lowest BCUT2D eigenvalue weighted by Crippen LogP contribution is -2.28. The van der Waals surface area contributed by atoms with Crippen molar-refractivity contribution in [2.45, 2.75) is 33.5 Å². The van der Waals surface area contributed by atoms with Gasteiger partial charge in [0.2, 0.25) is 5.91 Å². The highest BCUT2D eigenvalue weighted by Gasteiger charge is 2.16. The van der Waals surface area contributed by atoms with E-state index < -0.39 is 4.92 Å². The molecule has 2 aromatic rings. The highest BCUT2D eigenvalue weighted by molar-refractivity contribution is 5.75. The van der Waals surface area contributed by atoms with Gasteiger partial charge in [-0.2, -0.15) is 10.2 Å². The van der Waals surface area contributed by atoms with Crippen LogP contribution in [0.5, 0.6) is 0 Å². The number of rotatable bonds is 6. The van der Waals surface area contributed by atoms with Gasteiger partial charge in [-0.3, -0.25) is 24.3 Å². The van der Waals surface area contributed by atoms with E-state index in [1.165, 1.54) is 17.8 Å². The van der Waals surface area contributed by atoms with Gasteiger partial charge < -0.3 is 5.32 Å². The van der Waals surface area contributed by atoms with Crippen LogP contribution < -0.4 is 5.32 Å². The Morgan fingerprint density at radius 3 is 2.90 bits per heavy atom. The van der Waals surface area contributed by atoms with E-state index in [1.807, 2.05) is 13.0 Å². The number of nitrogens with one attached hydrogen (secondary N) is 1. The van der Waals surface area contributed by atoms with Gasteiger partial charge in [-0.25, -0.2) is 0 Å². The number of carbonyl (C=O) groups excluding carboxylic acids is 1. The second-order valence-electron chi connectivity index (χ2n) is 4.47. The Morgan fingerprint density at radius 2 is 2.29 bits per heavy atom. The van der Waals surface area contributed by atoms with E-state index in [0.717, 1.165) is 12.2 Å². The van der Waals surface area contributed by atoms with Crippen LogP contribution >= 0.6 is 0 Å². The van der Waals surface area contributed by atoms with Crippen molar-refractivity contribution in [3.63, 3.8) is 0 Å². The number of hydrogen-bond donors (Lipinski definition) is 1. The predicted molar refractivity (Wildman–Crippen MR) is 73.4 cm³/mol. The van der Waals surface area contributed by atoms with Gasteiger partial charge >= 0.3 is 5.69 Å². The predicted octanol–water partition coefficient (Wildman–Crippen LogP) is 0.633. The fourth-order valence-electron chi connectivity index (χ4n) is 1.95. The summed E-state index contributed by atoms with van der Waals surface area (Å²) in [6.07, 6.45) is 2.93. The Morgan fingerprint density at radius 1 is 1.52 bits per heavy atom. The van der Waals surface area contributed by atoms with Crippen LogP contribution in [0, 0.1) is 17.0 Å². The van der Waals surface area contributed by atoms with Crippen LogP contribution in [0.15, 0.2) is 18.5 Å². The molecular weight excluding hydrogens is 276 g/mol. The van der Waals surface area contributed by atoms with E-state index in [2.05, 4.69) is 15.5 Å². The fourth-order valence-corrected chi connectivity index (χ4v) is 1.95. The van der Waals surface area contributed by atoms with Crippen molar-refractivity contribution < 1.29 is 9.72 Å². The lowest BCUT2D eigenvalue weighted by molar-refractivity contribution is -0.385. The molecule has 0 saturated heterocycles. The molecule has 21 heavy (non-hydrogen) atoms. The summed E-state index contributed by atoms with van der Waals surface area (Å²) in [4.78, 5) is 22.0. The summed E-state index contributed by atoms with van der Waals surface area (Å²) in [6, 6.07) is 1.83. The van der Waals surface area contributed by atoms with Crippen LogP contribution in [-0.4, -0.2) is 30.4 Å². The molecule has 2 heterocycles. The minimum Gasteiger partial charge on any atom is -0.349 e. The van der Waals surface area contributed by atoms with Crippen molar-refractivity contribution in [1.29, 1.82) is 0 Å². The molecule has 0 radical (unpaired) electrons. The normalized spacial score (nSPS) is 10.6. The molecule has 0 aromatic carbocycles. The fraction of sp³-hybridized carbons (Fsp3) is 0.417. The maximum atomic E-state index is 11.8. The average molecular weight is 292 g/mol. The number of carbonyl (C=O) groups is 1. The molecule has 1 amide bonds. The van der Waals surface area contributed by atoms with Crippen LogP contribution in [0.2, 0.25) is 0 Å². The zero-order chi connectivity index (χ0) is 15.4. The summed E-state index contributed by atoms with van der Waals surface area (Å²) in [5, 5.41) is 21.5. The van der Waals surface area contributed by atoms with Gasteiger partial charge in [0.1, 0.15) is 18.4 Å². The summed E-state index contributed by atoms with van der Waals surface area (Å²) in [7, 11) is 0. The smallest absolute Gasteiger partial charge is 0.309 e. The second kappa shape index (κ2) is 6.16. The zero-order valence-corrected chi connectivity index (χ0v) is 11.8. The summed E-state index contributed by atoms with van der Waals surface area (Å²) in [5.41, 5.74) is 1.09. The number of nitro groups is 1. The third-order valence-electron chi connectivity index (χ3n) is 2.99. The van der Waals surface area contributed by atoms with Crippen LogP contribution in [0.4, 0.5) is 5.69 Å². The van der Waals surface area contributed by atoms with Crippen molar-refractivity contribution in [2.75, 3.05) is 0 Å². The lowest BCUT2D eigenvalue weighted by atomic mass is 10.4. The Labute approximate surface area is 120 Å². The van der Waals surface area contributed by atoms with E-state index in [-0.39, 0.29) is 23.8 Å². The first-order valence-corrected chi connectivity index (χ1v) is 6.47. The third-order valence-corrected chi connectivity index (χ3v) is 2.99. The number of aryl methyl sites for hydroxylation is 2. The maximum absolute atomic E-state index is 11.8. The molecule has 9 nitrogen and oxygen atoms in total. The highest BCUT2D eigenvalue weighted by atomic mass is 16.6. The maximum Gasteiger partial charge on any atom is 0.309 e. The average Bonchev–Trinajstić information content (AvgIpc) is 3.02. The van der Waals surface area contributed by atoms with Crippen molar-refractivity contribution in [3.8, 4) is 0 Å². The minimum atomic E-state index is -0.517. The van der Waals surface area contributed by atoms with E-state index in [1.54, 1.807) is 10.9 Å². The summed E-state index contributed by atoms with van der Waals surface area (Å²) < 4.78 is 3.04. The van der Waals surface area contributed by atoms with E-state index in [9.17, 15) is 14.9 Å². The SMILES string of the molecule is CCn1nccc1CNC(=O)Cn1cc([N+](=O)[O-])c(C)n1. The first-order valence-electron chi connectivity index (χ1n) is 6.47.